The van der Waals surface area contributed by atoms with Crippen LogP contribution in [0.4, 0.5) is 5.82 Å². The molecule has 18 heavy (non-hydrogen) atoms. The molecule has 5 nitrogen and oxygen atoms in total. The molecule has 0 atom stereocenters. The van der Waals surface area contributed by atoms with Crippen LogP contribution in [0.3, 0.4) is 0 Å². The predicted octanol–water partition coefficient (Wildman–Crippen LogP) is 1.44. The summed E-state index contributed by atoms with van der Waals surface area (Å²) in [6, 6.07) is 0. The second-order valence-corrected chi connectivity index (χ2v) is 7.26. The van der Waals surface area contributed by atoms with Crippen molar-refractivity contribution in [2.45, 2.75) is 25.8 Å². The fraction of sp³-hybridized carbons (Fsp3) is 0.545. The van der Waals surface area contributed by atoms with E-state index in [1.807, 2.05) is 0 Å². The largest absolute Gasteiger partial charge is 0.253 e. The van der Waals surface area contributed by atoms with Crippen LogP contribution < -0.4 is 4.31 Å². The molecular formula is C11H14IN3O2S. The van der Waals surface area contributed by atoms with Crippen LogP contribution in [0, 0.1) is 15.9 Å². The van der Waals surface area contributed by atoms with Gasteiger partial charge in [0, 0.05) is 19.5 Å². The fourth-order valence-corrected chi connectivity index (χ4v) is 4.43. The maximum Gasteiger partial charge on any atom is 0.236 e. The van der Waals surface area contributed by atoms with Crippen LogP contribution in [0.1, 0.15) is 19.3 Å². The van der Waals surface area contributed by atoms with Crippen molar-refractivity contribution in [2.75, 3.05) is 16.6 Å². The number of aryl methyl sites for hydroxylation is 1. The van der Waals surface area contributed by atoms with Crippen molar-refractivity contribution in [1.82, 2.24) is 9.78 Å². The Hall–Kier alpha value is -0.750. The van der Waals surface area contributed by atoms with Gasteiger partial charge in [0.25, 0.3) is 0 Å². The summed E-state index contributed by atoms with van der Waals surface area (Å²) in [6.45, 7) is 1.30. The normalized spacial score (nSPS) is 15.2. The number of unbranched alkanes of at least 4 members (excludes halogenated alkanes) is 1. The molecule has 0 radical (unpaired) electrons. The molecule has 0 aliphatic carbocycles. The molecule has 0 saturated heterocycles. The lowest BCUT2D eigenvalue weighted by Gasteiger charge is -2.29. The van der Waals surface area contributed by atoms with Gasteiger partial charge in [0.05, 0.1) is 15.5 Å². The predicted molar refractivity (Wildman–Crippen MR) is 78.8 cm³/mol. The topological polar surface area (TPSA) is 55.2 Å². The van der Waals surface area contributed by atoms with Crippen molar-refractivity contribution in [3.8, 4) is 12.3 Å². The molecule has 2 rings (SSSR count). The first kappa shape index (κ1) is 13.7. The smallest absolute Gasteiger partial charge is 0.236 e. The molecule has 2 heterocycles. The van der Waals surface area contributed by atoms with E-state index in [0.717, 1.165) is 16.5 Å². The Morgan fingerprint density at radius 1 is 1.50 bits per heavy atom. The number of anilines is 1. The van der Waals surface area contributed by atoms with E-state index >= 15 is 0 Å². The van der Waals surface area contributed by atoms with Crippen LogP contribution in [0.25, 0.3) is 0 Å². The monoisotopic (exact) mass is 379 g/mol. The number of sulfonamides is 1. The van der Waals surface area contributed by atoms with Gasteiger partial charge in [0.15, 0.2) is 5.82 Å². The highest BCUT2D eigenvalue weighted by Gasteiger charge is 2.29. The Morgan fingerprint density at radius 2 is 2.28 bits per heavy atom. The Morgan fingerprint density at radius 3 is 3.00 bits per heavy atom. The molecule has 0 aromatic carbocycles. The van der Waals surface area contributed by atoms with Crippen molar-refractivity contribution in [3.05, 3.63) is 9.77 Å². The van der Waals surface area contributed by atoms with E-state index in [9.17, 15) is 8.42 Å². The summed E-state index contributed by atoms with van der Waals surface area (Å²) in [5.74, 6) is 3.26. The summed E-state index contributed by atoms with van der Waals surface area (Å²) < 4.78 is 28.7. The number of fused-ring (bicyclic) bond motifs is 1. The van der Waals surface area contributed by atoms with Crippen LogP contribution in [0.15, 0.2) is 6.20 Å². The number of nitrogens with zero attached hydrogens (tertiary/aromatic N) is 3. The molecule has 0 fully saturated rings. The van der Waals surface area contributed by atoms with Gasteiger partial charge >= 0.3 is 0 Å². The zero-order valence-corrected chi connectivity index (χ0v) is 12.8. The van der Waals surface area contributed by atoms with E-state index < -0.39 is 10.0 Å². The zero-order valence-electron chi connectivity index (χ0n) is 9.84. The number of hydrogen-bond donors (Lipinski definition) is 0. The average molecular weight is 379 g/mol. The van der Waals surface area contributed by atoms with Gasteiger partial charge in [-0.25, -0.2) is 13.1 Å². The highest BCUT2D eigenvalue weighted by atomic mass is 127. The maximum atomic E-state index is 12.3. The molecule has 1 aromatic heterocycles. The first-order chi connectivity index (χ1) is 8.56. The van der Waals surface area contributed by atoms with Gasteiger partial charge in [-0.05, 0) is 35.4 Å². The van der Waals surface area contributed by atoms with Crippen molar-refractivity contribution in [1.29, 1.82) is 0 Å². The summed E-state index contributed by atoms with van der Waals surface area (Å²) in [5.41, 5.74) is 0. The van der Waals surface area contributed by atoms with Crippen molar-refractivity contribution in [2.24, 2.45) is 0 Å². The lowest BCUT2D eigenvalue weighted by atomic mass is 10.3. The van der Waals surface area contributed by atoms with Gasteiger partial charge in [-0.15, -0.1) is 12.3 Å². The van der Waals surface area contributed by atoms with Crippen LogP contribution >= 0.6 is 22.6 Å². The van der Waals surface area contributed by atoms with Crippen molar-refractivity contribution < 1.29 is 8.42 Å². The average Bonchev–Trinajstić information content (AvgIpc) is 2.71. The number of terminal acetylenes is 1. The van der Waals surface area contributed by atoms with E-state index in [0.29, 0.717) is 25.2 Å². The van der Waals surface area contributed by atoms with Gasteiger partial charge < -0.3 is 0 Å². The molecule has 1 aliphatic rings. The number of hydrogen-bond acceptors (Lipinski definition) is 3. The lowest BCUT2D eigenvalue weighted by Crippen LogP contribution is -2.39. The molecular weight excluding hydrogens is 365 g/mol. The molecule has 7 heteroatoms. The molecule has 0 spiro atoms. The van der Waals surface area contributed by atoms with Gasteiger partial charge in [-0.3, -0.25) is 4.31 Å². The van der Waals surface area contributed by atoms with Crippen molar-refractivity contribution >= 4 is 38.4 Å². The molecule has 0 saturated carbocycles. The third-order valence-electron chi connectivity index (χ3n) is 2.80. The van der Waals surface area contributed by atoms with E-state index in [2.05, 4.69) is 33.6 Å². The van der Waals surface area contributed by atoms with Crippen LogP contribution in [0.5, 0.6) is 0 Å². The van der Waals surface area contributed by atoms with E-state index in [1.54, 1.807) is 10.9 Å². The molecule has 0 unspecified atom stereocenters. The highest BCUT2D eigenvalue weighted by Crippen LogP contribution is 2.28. The second kappa shape index (κ2) is 5.48. The Labute approximate surface area is 121 Å². The van der Waals surface area contributed by atoms with Crippen molar-refractivity contribution in [3.63, 3.8) is 0 Å². The fourth-order valence-electron chi connectivity index (χ4n) is 1.98. The summed E-state index contributed by atoms with van der Waals surface area (Å²) in [4.78, 5) is 0. The molecule has 1 aromatic rings. The molecule has 1 aliphatic heterocycles. The Kier molecular flexibility index (Phi) is 4.17. The highest BCUT2D eigenvalue weighted by molar-refractivity contribution is 14.1. The molecule has 0 N–H and O–H groups in total. The molecule has 0 amide bonds. The van der Waals surface area contributed by atoms with Crippen LogP contribution in [-0.2, 0) is 16.6 Å². The minimum absolute atomic E-state index is 0.0957. The van der Waals surface area contributed by atoms with Gasteiger partial charge in [0.2, 0.25) is 10.0 Å². The Bertz CT molecular complexity index is 574. The van der Waals surface area contributed by atoms with E-state index in [4.69, 9.17) is 6.42 Å². The van der Waals surface area contributed by atoms with Gasteiger partial charge in [-0.1, -0.05) is 0 Å². The summed E-state index contributed by atoms with van der Waals surface area (Å²) in [5, 5.41) is 4.19. The first-order valence-corrected chi connectivity index (χ1v) is 8.40. The SMILES string of the molecule is C#CCCCS(=O)(=O)N1CCCn2ncc(I)c21. The van der Waals surface area contributed by atoms with Gasteiger partial charge in [-0.2, -0.15) is 5.10 Å². The van der Waals surface area contributed by atoms with Gasteiger partial charge in [0.1, 0.15) is 0 Å². The molecule has 0 bridgehead atoms. The quantitative estimate of drug-likeness (QED) is 0.452. The van der Waals surface area contributed by atoms with E-state index in [-0.39, 0.29) is 5.75 Å². The van der Waals surface area contributed by atoms with E-state index in [1.165, 1.54) is 4.31 Å². The number of halogens is 1. The summed E-state index contributed by atoms with van der Waals surface area (Å²) >= 11 is 2.12. The number of rotatable bonds is 4. The first-order valence-electron chi connectivity index (χ1n) is 5.71. The minimum Gasteiger partial charge on any atom is -0.253 e. The van der Waals surface area contributed by atoms with Crippen LogP contribution in [0.2, 0.25) is 0 Å². The second-order valence-electron chi connectivity index (χ2n) is 4.09. The summed E-state index contributed by atoms with van der Waals surface area (Å²) in [7, 11) is -3.29. The Balaban J connectivity index is 2.25. The maximum absolute atomic E-state index is 12.3. The lowest BCUT2D eigenvalue weighted by molar-refractivity contribution is 0.531. The zero-order chi connectivity index (χ0) is 13.2. The standard InChI is InChI=1S/C11H14IN3O2S/c1-2-3-4-8-18(16,17)15-7-5-6-14-11(15)10(12)9-13-14/h1,9H,3-8H2. The molecule has 98 valence electrons. The number of aromatic nitrogens is 2. The third kappa shape index (κ3) is 2.64. The third-order valence-corrected chi connectivity index (χ3v) is 5.39. The minimum atomic E-state index is -3.29. The van der Waals surface area contributed by atoms with Crippen LogP contribution in [-0.4, -0.2) is 30.5 Å². The summed E-state index contributed by atoms with van der Waals surface area (Å²) in [6.07, 6.45) is 8.63.